The number of carboxylic acids is 1. The summed E-state index contributed by atoms with van der Waals surface area (Å²) in [6, 6.07) is -0.898. The van der Waals surface area contributed by atoms with Crippen LogP contribution in [-0.4, -0.2) is 80.0 Å². The zero-order valence-corrected chi connectivity index (χ0v) is 18.4. The van der Waals surface area contributed by atoms with Crippen molar-refractivity contribution in [1.29, 1.82) is 0 Å². The van der Waals surface area contributed by atoms with Crippen LogP contribution in [0.3, 0.4) is 0 Å². The molecule has 0 spiro atoms. The SMILES string of the molecule is CON=C(C(=O)NC1C(=O)N2CC(C(=O)O)(C(=NN)C(N)=S)CS[C@H]12)c1csc(N)n1. The summed E-state index contributed by atoms with van der Waals surface area (Å²) in [5.41, 5.74) is 9.43. The molecule has 3 atom stereocenters. The molecule has 0 radical (unpaired) electrons. The van der Waals surface area contributed by atoms with E-state index in [1.807, 2.05) is 0 Å². The van der Waals surface area contributed by atoms with Crippen molar-refractivity contribution in [1.82, 2.24) is 15.2 Å². The number of fused-ring (bicyclic) bond motifs is 1. The molecule has 2 fully saturated rings. The minimum atomic E-state index is -1.65. The molecule has 2 amide bonds. The number of thiocarbonyl (C=S) groups is 1. The second-order valence-corrected chi connectivity index (χ2v) is 8.98. The van der Waals surface area contributed by atoms with Crippen LogP contribution in [0.2, 0.25) is 0 Å². The number of nitrogens with two attached hydrogens (primary N) is 3. The van der Waals surface area contributed by atoms with Crippen LogP contribution in [0.25, 0.3) is 0 Å². The van der Waals surface area contributed by atoms with Gasteiger partial charge in [0.1, 0.15) is 40.3 Å². The van der Waals surface area contributed by atoms with Crippen molar-refractivity contribution in [2.24, 2.45) is 27.2 Å². The van der Waals surface area contributed by atoms with Crippen molar-refractivity contribution in [2.75, 3.05) is 25.1 Å². The minimum absolute atomic E-state index is 0.00182. The summed E-state index contributed by atoms with van der Waals surface area (Å²) in [6.45, 7) is -0.236. The molecule has 1 aromatic heterocycles. The van der Waals surface area contributed by atoms with Gasteiger partial charge in [-0.05, 0) is 0 Å². The lowest BCUT2D eigenvalue weighted by Gasteiger charge is -2.53. The van der Waals surface area contributed by atoms with Crippen LogP contribution in [0.4, 0.5) is 5.13 Å². The number of aliphatic carboxylic acids is 1. The van der Waals surface area contributed by atoms with Gasteiger partial charge in [-0.25, -0.2) is 4.98 Å². The minimum Gasteiger partial charge on any atom is -0.480 e. The summed E-state index contributed by atoms with van der Waals surface area (Å²) in [7, 11) is 1.26. The molecule has 0 bridgehead atoms. The molecule has 0 aliphatic carbocycles. The summed E-state index contributed by atoms with van der Waals surface area (Å²) in [6.07, 6.45) is 0. The van der Waals surface area contributed by atoms with Crippen molar-refractivity contribution in [3.8, 4) is 0 Å². The number of anilines is 1. The van der Waals surface area contributed by atoms with Crippen molar-refractivity contribution in [3.63, 3.8) is 0 Å². The molecule has 0 saturated carbocycles. The molecule has 2 aliphatic rings. The number of thiazole rings is 1. The Bertz CT molecular complexity index is 1010. The number of thioether (sulfide) groups is 1. The van der Waals surface area contributed by atoms with E-state index in [1.54, 1.807) is 0 Å². The van der Waals surface area contributed by atoms with Gasteiger partial charge in [0.2, 0.25) is 5.91 Å². The number of nitrogens with zero attached hydrogens (tertiary/aromatic N) is 4. The maximum absolute atomic E-state index is 12.7. The fraction of sp³-hybridized carbons (Fsp3) is 0.400. The number of hydrazone groups is 1. The second kappa shape index (κ2) is 8.64. The van der Waals surface area contributed by atoms with Crippen LogP contribution in [-0.2, 0) is 19.2 Å². The molecule has 31 heavy (non-hydrogen) atoms. The third-order valence-electron chi connectivity index (χ3n) is 4.76. The van der Waals surface area contributed by atoms with Crippen LogP contribution in [0.5, 0.6) is 0 Å². The number of carbonyl (C=O) groups excluding carboxylic acids is 2. The van der Waals surface area contributed by atoms with Crippen LogP contribution in [0.1, 0.15) is 5.69 Å². The lowest BCUT2D eigenvalue weighted by Crippen LogP contribution is -2.75. The molecule has 166 valence electrons. The summed E-state index contributed by atoms with van der Waals surface area (Å²) in [4.78, 5) is 47.2. The Kier molecular flexibility index (Phi) is 6.33. The van der Waals surface area contributed by atoms with Gasteiger partial charge >= 0.3 is 5.97 Å². The summed E-state index contributed by atoms with van der Waals surface area (Å²) < 4.78 is 0. The number of nitrogen functional groups attached to an aromatic ring is 1. The van der Waals surface area contributed by atoms with Gasteiger partial charge in [0, 0.05) is 17.7 Å². The van der Waals surface area contributed by atoms with Gasteiger partial charge in [0.25, 0.3) is 5.91 Å². The predicted octanol–water partition coefficient (Wildman–Crippen LogP) is -1.85. The number of amides is 2. The molecule has 2 aliphatic heterocycles. The Labute approximate surface area is 189 Å². The molecular weight excluding hydrogens is 468 g/mol. The van der Waals surface area contributed by atoms with Crippen molar-refractivity contribution < 1.29 is 24.3 Å². The van der Waals surface area contributed by atoms with Crippen molar-refractivity contribution in [2.45, 2.75) is 11.4 Å². The van der Waals surface area contributed by atoms with Gasteiger partial charge in [-0.1, -0.05) is 17.4 Å². The molecule has 13 nitrogen and oxygen atoms in total. The first-order chi connectivity index (χ1) is 14.7. The highest BCUT2D eigenvalue weighted by Crippen LogP contribution is 2.43. The first-order valence-corrected chi connectivity index (χ1v) is 10.9. The molecule has 8 N–H and O–H groups in total. The maximum Gasteiger partial charge on any atom is 0.318 e. The van der Waals surface area contributed by atoms with E-state index in [2.05, 4.69) is 20.6 Å². The third-order valence-corrected chi connectivity index (χ3v) is 7.15. The topological polar surface area (TPSA) is 212 Å². The molecule has 1 aromatic rings. The molecule has 3 rings (SSSR count). The summed E-state index contributed by atoms with van der Waals surface area (Å²) in [5, 5.41) is 20.8. The van der Waals surface area contributed by atoms with Crippen LogP contribution >= 0.6 is 35.3 Å². The zero-order valence-electron chi connectivity index (χ0n) is 16.0. The monoisotopic (exact) mass is 486 g/mol. The molecule has 3 heterocycles. The molecule has 2 unspecified atom stereocenters. The standard InChI is InChI=1S/C15H18N8O5S3/c1-28-22-6(5-2-30-14(17)19-5)10(24)20-7-11(25)23-3-15(13(26)27,4-31-12(7)23)8(21-18)9(16)29/h2,7,12H,3-4,18H2,1H3,(H2,16,29)(H2,17,19)(H,20,24)(H,26,27)/t7?,12-,15?/m1/s1. The highest BCUT2D eigenvalue weighted by Gasteiger charge is 2.60. The number of carboxylic acid groups (broad SMARTS) is 1. The lowest BCUT2D eigenvalue weighted by molar-refractivity contribution is -0.154. The van der Waals surface area contributed by atoms with E-state index >= 15 is 0 Å². The number of β-lactam (4-membered cyclic amide) rings is 1. The Morgan fingerprint density at radius 3 is 2.74 bits per heavy atom. The zero-order chi connectivity index (χ0) is 22.9. The average Bonchev–Trinajstić information content (AvgIpc) is 3.15. The van der Waals surface area contributed by atoms with E-state index in [0.29, 0.717) is 0 Å². The number of hydrogen-bond donors (Lipinski definition) is 5. The lowest BCUT2D eigenvalue weighted by atomic mass is 9.82. The Balaban J connectivity index is 1.77. The maximum atomic E-state index is 12.7. The number of rotatable bonds is 7. The number of oxime groups is 1. The molecule has 2 saturated heterocycles. The van der Waals surface area contributed by atoms with Gasteiger partial charge in [0.05, 0.1) is 0 Å². The normalized spacial score (nSPS) is 26.0. The highest BCUT2D eigenvalue weighted by atomic mass is 32.2. The second-order valence-electron chi connectivity index (χ2n) is 6.54. The van der Waals surface area contributed by atoms with E-state index in [0.717, 1.165) is 23.1 Å². The first-order valence-electron chi connectivity index (χ1n) is 8.53. The smallest absolute Gasteiger partial charge is 0.318 e. The van der Waals surface area contributed by atoms with E-state index in [9.17, 15) is 19.5 Å². The fourth-order valence-electron chi connectivity index (χ4n) is 3.27. The van der Waals surface area contributed by atoms with E-state index in [-0.39, 0.29) is 39.5 Å². The average molecular weight is 487 g/mol. The summed E-state index contributed by atoms with van der Waals surface area (Å²) >= 11 is 7.14. The van der Waals surface area contributed by atoms with E-state index in [1.165, 1.54) is 17.4 Å². The number of hydrogen-bond acceptors (Lipinski definition) is 12. The molecule has 0 aromatic carbocycles. The predicted molar refractivity (Wildman–Crippen MR) is 118 cm³/mol. The third kappa shape index (κ3) is 3.88. The van der Waals surface area contributed by atoms with Gasteiger partial charge in [-0.15, -0.1) is 23.1 Å². The largest absolute Gasteiger partial charge is 0.480 e. The Hall–Kier alpha value is -2.98. The van der Waals surface area contributed by atoms with Crippen LogP contribution < -0.4 is 22.6 Å². The number of nitrogens with one attached hydrogen (secondary N) is 1. The van der Waals surface area contributed by atoms with Gasteiger partial charge in [0.15, 0.2) is 10.8 Å². The van der Waals surface area contributed by atoms with Crippen LogP contribution in [0, 0.1) is 5.41 Å². The van der Waals surface area contributed by atoms with Crippen molar-refractivity contribution >= 4 is 74.6 Å². The van der Waals surface area contributed by atoms with Crippen LogP contribution in [0.15, 0.2) is 15.6 Å². The quantitative estimate of drug-likeness (QED) is 0.0948. The van der Waals surface area contributed by atoms with Gasteiger partial charge in [-0.2, -0.15) is 5.10 Å². The first kappa shape index (κ1) is 22.7. The van der Waals surface area contributed by atoms with Gasteiger partial charge in [-0.3, -0.25) is 14.4 Å². The Morgan fingerprint density at radius 1 is 1.52 bits per heavy atom. The Morgan fingerprint density at radius 2 is 2.23 bits per heavy atom. The molecule has 16 heteroatoms. The number of aromatic nitrogens is 1. The summed E-state index contributed by atoms with van der Waals surface area (Å²) in [5.74, 6) is 2.89. The fourth-order valence-corrected chi connectivity index (χ4v) is 5.61. The van der Waals surface area contributed by atoms with E-state index in [4.69, 9.17) is 34.4 Å². The van der Waals surface area contributed by atoms with E-state index < -0.39 is 34.6 Å². The number of carbonyl (C=O) groups is 3. The van der Waals surface area contributed by atoms with Crippen molar-refractivity contribution in [3.05, 3.63) is 11.1 Å². The van der Waals surface area contributed by atoms with Gasteiger partial charge < -0.3 is 37.5 Å². The highest BCUT2D eigenvalue weighted by molar-refractivity contribution is 8.00. The molecular formula is C15H18N8O5S3.